The fourth-order valence-electron chi connectivity index (χ4n) is 6.14. The van der Waals surface area contributed by atoms with Gasteiger partial charge in [0.1, 0.15) is 11.7 Å². The minimum Gasteiger partial charge on any atom is -0.394 e. The number of alkyl halides is 3. The van der Waals surface area contributed by atoms with E-state index in [1.807, 2.05) is 13.8 Å². The number of piperidine rings is 1. The van der Waals surface area contributed by atoms with Gasteiger partial charge in [-0.3, -0.25) is 14.4 Å². The third-order valence-electron chi connectivity index (χ3n) is 8.23. The predicted octanol–water partition coefficient (Wildman–Crippen LogP) is 2.29. The molecule has 0 spiro atoms. The highest BCUT2D eigenvalue weighted by Gasteiger charge is 2.69. The molecule has 1 aliphatic carbocycles. The van der Waals surface area contributed by atoms with Gasteiger partial charge < -0.3 is 25.6 Å². The summed E-state index contributed by atoms with van der Waals surface area (Å²) in [5.41, 5.74) is -1.21. The monoisotopic (exact) mass is 506 g/mol. The molecule has 194 valence electrons. The zero-order chi connectivity index (χ0) is 26.0. The van der Waals surface area contributed by atoms with Gasteiger partial charge in [-0.15, -0.1) is 0 Å². The first-order valence-electron chi connectivity index (χ1n) is 12.1. The zero-order valence-corrected chi connectivity index (χ0v) is 20.0. The van der Waals surface area contributed by atoms with E-state index in [1.165, 1.54) is 23.1 Å². The van der Waals surface area contributed by atoms with Crippen LogP contribution in [-0.4, -0.2) is 64.5 Å². The summed E-state index contributed by atoms with van der Waals surface area (Å²) in [6, 6.07) is 3.65. The van der Waals surface area contributed by atoms with E-state index in [1.54, 1.807) is 0 Å². The van der Waals surface area contributed by atoms with Crippen molar-refractivity contribution in [3.8, 4) is 0 Å². The van der Waals surface area contributed by atoms with Crippen LogP contribution in [0.1, 0.15) is 42.7 Å². The van der Waals surface area contributed by atoms with Crippen LogP contribution < -0.4 is 10.6 Å². The lowest BCUT2D eigenvalue weighted by Crippen LogP contribution is -2.53. The molecule has 1 aromatic heterocycles. The van der Waals surface area contributed by atoms with E-state index in [0.29, 0.717) is 19.5 Å². The Morgan fingerprint density at radius 1 is 1.31 bits per heavy atom. The third kappa shape index (κ3) is 4.03. The van der Waals surface area contributed by atoms with E-state index < -0.39 is 35.6 Å². The second-order valence-corrected chi connectivity index (χ2v) is 10.7. The Hall–Kier alpha value is -3.08. The number of halogens is 3. The Morgan fingerprint density at radius 3 is 2.69 bits per heavy atom. The number of aromatic nitrogens is 1. The molecule has 1 aromatic carbocycles. The summed E-state index contributed by atoms with van der Waals surface area (Å²) in [5, 5.41) is 15.7. The molecule has 3 heterocycles. The zero-order valence-electron chi connectivity index (χ0n) is 20.0. The second kappa shape index (κ2) is 8.50. The van der Waals surface area contributed by atoms with Gasteiger partial charge in [0.15, 0.2) is 0 Å². The van der Waals surface area contributed by atoms with Crippen molar-refractivity contribution in [2.24, 2.45) is 23.2 Å². The van der Waals surface area contributed by atoms with E-state index in [-0.39, 0.29) is 58.7 Å². The highest BCUT2D eigenvalue weighted by molar-refractivity contribution is 6.01. The number of nitrogens with one attached hydrogen (secondary N) is 3. The Balaban J connectivity index is 1.38. The lowest BCUT2D eigenvalue weighted by atomic mass is 9.97. The number of carbonyl (C=O) groups is 3. The Bertz CT molecular complexity index is 1220. The summed E-state index contributed by atoms with van der Waals surface area (Å²) >= 11 is 0. The molecule has 0 bridgehead atoms. The van der Waals surface area contributed by atoms with E-state index in [0.717, 1.165) is 6.07 Å². The molecule has 5 atom stereocenters. The van der Waals surface area contributed by atoms with Crippen LogP contribution in [0.25, 0.3) is 10.9 Å². The first-order valence-corrected chi connectivity index (χ1v) is 12.1. The number of fused-ring (bicyclic) bond motifs is 2. The molecule has 36 heavy (non-hydrogen) atoms. The minimum atomic E-state index is -4.58. The van der Waals surface area contributed by atoms with E-state index in [9.17, 15) is 32.7 Å². The Kier molecular flexibility index (Phi) is 5.81. The van der Waals surface area contributed by atoms with Gasteiger partial charge in [0.05, 0.1) is 23.7 Å². The molecular formula is C25H29F3N4O4. The van der Waals surface area contributed by atoms with Gasteiger partial charge >= 0.3 is 6.18 Å². The van der Waals surface area contributed by atoms with Crippen LogP contribution in [0.15, 0.2) is 24.3 Å². The molecule has 3 aliphatic rings. The van der Waals surface area contributed by atoms with Crippen LogP contribution in [0.3, 0.4) is 0 Å². The van der Waals surface area contributed by atoms with Crippen molar-refractivity contribution in [2.45, 2.75) is 44.9 Å². The number of aromatic amines is 1. The average molecular weight is 507 g/mol. The Labute approximate surface area is 205 Å². The van der Waals surface area contributed by atoms with Gasteiger partial charge in [-0.05, 0) is 42.2 Å². The molecule has 2 aromatic rings. The van der Waals surface area contributed by atoms with E-state index in [4.69, 9.17) is 0 Å². The summed E-state index contributed by atoms with van der Waals surface area (Å²) in [4.78, 5) is 42.9. The van der Waals surface area contributed by atoms with Crippen molar-refractivity contribution in [3.05, 3.63) is 35.5 Å². The fraction of sp³-hybridized carbons (Fsp3) is 0.560. The number of benzene rings is 1. The lowest BCUT2D eigenvalue weighted by molar-refractivity contribution is -0.136. The van der Waals surface area contributed by atoms with Gasteiger partial charge in [0.2, 0.25) is 11.8 Å². The summed E-state index contributed by atoms with van der Waals surface area (Å²) < 4.78 is 40.4. The van der Waals surface area contributed by atoms with Gasteiger partial charge in [-0.1, -0.05) is 26.0 Å². The largest absolute Gasteiger partial charge is 0.418 e. The molecule has 0 radical (unpaired) electrons. The normalized spacial score (nSPS) is 27.6. The number of hydrogen-bond donors (Lipinski definition) is 4. The van der Waals surface area contributed by atoms with Crippen molar-refractivity contribution >= 4 is 28.6 Å². The molecule has 2 saturated heterocycles. The molecule has 2 aliphatic heterocycles. The molecule has 5 rings (SSSR count). The average Bonchev–Trinajstić information content (AvgIpc) is 3.32. The maximum atomic E-state index is 13.5. The van der Waals surface area contributed by atoms with Crippen molar-refractivity contribution in [2.75, 3.05) is 19.7 Å². The quantitative estimate of drug-likeness (QED) is 0.481. The number of likely N-dealkylation sites (tertiary alicyclic amines) is 1. The van der Waals surface area contributed by atoms with Gasteiger partial charge in [-0.2, -0.15) is 13.2 Å². The molecular weight excluding hydrogens is 477 g/mol. The number of amides is 3. The van der Waals surface area contributed by atoms with Crippen LogP contribution in [0.5, 0.6) is 0 Å². The third-order valence-corrected chi connectivity index (χ3v) is 8.23. The number of nitrogens with zero attached hydrogens (tertiary/aromatic N) is 1. The van der Waals surface area contributed by atoms with Crippen molar-refractivity contribution in [1.29, 1.82) is 0 Å². The van der Waals surface area contributed by atoms with Crippen molar-refractivity contribution in [3.63, 3.8) is 0 Å². The molecule has 1 saturated carbocycles. The molecule has 0 unspecified atom stereocenters. The summed E-state index contributed by atoms with van der Waals surface area (Å²) in [7, 11) is 0. The molecule has 11 heteroatoms. The van der Waals surface area contributed by atoms with Gasteiger partial charge in [-0.25, -0.2) is 0 Å². The minimum absolute atomic E-state index is 0.0139. The van der Waals surface area contributed by atoms with Crippen molar-refractivity contribution < 1.29 is 32.7 Å². The number of hydrogen-bond acceptors (Lipinski definition) is 4. The summed E-state index contributed by atoms with van der Waals surface area (Å²) in [5.74, 6) is -1.40. The topological polar surface area (TPSA) is 115 Å². The number of rotatable bonds is 6. The number of carbonyl (C=O) groups excluding carboxylic acids is 3. The highest BCUT2D eigenvalue weighted by atomic mass is 19.4. The van der Waals surface area contributed by atoms with Crippen LogP contribution in [0.2, 0.25) is 0 Å². The van der Waals surface area contributed by atoms with Crippen LogP contribution in [0, 0.1) is 23.2 Å². The second-order valence-electron chi connectivity index (χ2n) is 10.7. The number of H-pyrrole nitrogens is 1. The van der Waals surface area contributed by atoms with Crippen LogP contribution in [0.4, 0.5) is 13.2 Å². The first-order chi connectivity index (χ1) is 16.9. The SMILES string of the molecule is CC1(C)[C@@H]2[C@@H](C(=O)N[C@H](CO)C[C@@H]3CCNC3=O)N(C(=O)c3cc4cccc(C(F)(F)F)c4[nH]3)C[C@@H]21. The first kappa shape index (κ1) is 24.6. The van der Waals surface area contributed by atoms with Crippen LogP contribution in [-0.2, 0) is 15.8 Å². The highest BCUT2D eigenvalue weighted by Crippen LogP contribution is 2.65. The smallest absolute Gasteiger partial charge is 0.394 e. The van der Waals surface area contributed by atoms with E-state index >= 15 is 0 Å². The number of aliphatic hydroxyl groups excluding tert-OH is 1. The molecule has 3 amide bonds. The summed E-state index contributed by atoms with van der Waals surface area (Å²) in [6.07, 6.45) is -3.67. The lowest BCUT2D eigenvalue weighted by Gasteiger charge is -2.31. The Morgan fingerprint density at radius 2 is 2.06 bits per heavy atom. The maximum absolute atomic E-state index is 13.5. The molecule has 8 nitrogen and oxygen atoms in total. The number of aliphatic hydroxyl groups is 1. The maximum Gasteiger partial charge on any atom is 0.418 e. The van der Waals surface area contributed by atoms with Gasteiger partial charge in [0.25, 0.3) is 5.91 Å². The van der Waals surface area contributed by atoms with Gasteiger partial charge in [0, 0.05) is 24.4 Å². The standard InChI is InChI=1S/C25H29F3N4O4/c1-24(2)16-10-32(23(36)17-9-12-4-3-5-15(19(12)31-17)25(26,27)28)20(18(16)24)22(35)30-14(11-33)8-13-6-7-29-21(13)34/h3-5,9,13-14,16,18,20,31,33H,6-8,10-11H2,1-2H3,(H,29,34)(H,30,35)/t13-,14-,16-,18-,20-/m0/s1. The predicted molar refractivity (Wildman–Crippen MR) is 124 cm³/mol. The van der Waals surface area contributed by atoms with Crippen LogP contribution >= 0.6 is 0 Å². The fourth-order valence-corrected chi connectivity index (χ4v) is 6.14. The molecule has 4 N–H and O–H groups in total. The van der Waals surface area contributed by atoms with E-state index in [2.05, 4.69) is 15.6 Å². The molecule has 3 fully saturated rings. The summed E-state index contributed by atoms with van der Waals surface area (Å²) in [6.45, 7) is 4.56. The number of para-hydroxylation sites is 1. The van der Waals surface area contributed by atoms with Crippen molar-refractivity contribution in [1.82, 2.24) is 20.5 Å².